The molecule has 114 valence electrons. The van der Waals surface area contributed by atoms with Crippen LogP contribution in [0.1, 0.15) is 23.7 Å². The van der Waals surface area contributed by atoms with Crippen molar-refractivity contribution in [2.45, 2.75) is 19.4 Å². The van der Waals surface area contributed by atoms with Crippen molar-refractivity contribution in [3.63, 3.8) is 0 Å². The molecule has 0 aliphatic carbocycles. The average Bonchev–Trinajstić information content (AvgIpc) is 2.99. The largest absolute Gasteiger partial charge is 0.472 e. The van der Waals surface area contributed by atoms with Gasteiger partial charge in [-0.05, 0) is 13.0 Å². The molecule has 1 saturated heterocycles. The number of rotatable bonds is 6. The van der Waals surface area contributed by atoms with E-state index in [1.54, 1.807) is 19.1 Å². The fraction of sp³-hybridized carbons (Fsp3) is 0.500. The summed E-state index contributed by atoms with van der Waals surface area (Å²) in [5, 5.41) is 2.46. The highest BCUT2D eigenvalue weighted by atomic mass is 16.5. The van der Waals surface area contributed by atoms with Crippen LogP contribution in [0.5, 0.6) is 5.88 Å². The summed E-state index contributed by atoms with van der Waals surface area (Å²) in [4.78, 5) is 27.0. The Kier molecular flexibility index (Phi) is 5.51. The fourth-order valence-corrected chi connectivity index (χ4v) is 1.83. The maximum atomic E-state index is 11.8. The van der Waals surface area contributed by atoms with E-state index in [1.807, 2.05) is 0 Å². The Labute approximate surface area is 122 Å². The van der Waals surface area contributed by atoms with E-state index in [9.17, 15) is 9.59 Å². The molecule has 0 aromatic carbocycles. The SMILES string of the molecule is CCOC(=O)CNC(=O)c1ccc(OC2CCOC2)nc1. The second-order valence-electron chi connectivity index (χ2n) is 4.48. The molecule has 2 heterocycles. The summed E-state index contributed by atoms with van der Waals surface area (Å²) in [5.74, 6) is -0.404. The van der Waals surface area contributed by atoms with Crippen LogP contribution in [0.4, 0.5) is 0 Å². The number of esters is 1. The molecule has 1 N–H and O–H groups in total. The maximum Gasteiger partial charge on any atom is 0.325 e. The average molecular weight is 294 g/mol. The van der Waals surface area contributed by atoms with Gasteiger partial charge in [0.25, 0.3) is 5.91 Å². The van der Waals surface area contributed by atoms with Crippen molar-refractivity contribution in [1.29, 1.82) is 0 Å². The van der Waals surface area contributed by atoms with Crippen LogP contribution in [0.25, 0.3) is 0 Å². The number of carbonyl (C=O) groups excluding carboxylic acids is 2. The summed E-state index contributed by atoms with van der Waals surface area (Å²) >= 11 is 0. The predicted octanol–water partition coefficient (Wildman–Crippen LogP) is 0.542. The Hall–Kier alpha value is -2.15. The highest BCUT2D eigenvalue weighted by molar-refractivity contribution is 5.95. The lowest BCUT2D eigenvalue weighted by Gasteiger charge is -2.10. The molecule has 1 aromatic rings. The molecule has 1 aliphatic heterocycles. The molecule has 2 rings (SSSR count). The summed E-state index contributed by atoms with van der Waals surface area (Å²) in [6.45, 7) is 3.08. The van der Waals surface area contributed by atoms with Gasteiger partial charge in [0.2, 0.25) is 5.88 Å². The molecule has 0 saturated carbocycles. The number of hydrogen-bond donors (Lipinski definition) is 1. The molecule has 1 atom stereocenters. The van der Waals surface area contributed by atoms with E-state index >= 15 is 0 Å². The standard InChI is InChI=1S/C14H18N2O5/c1-2-20-13(17)8-16-14(18)10-3-4-12(15-7-10)21-11-5-6-19-9-11/h3-4,7,11H,2,5-6,8-9H2,1H3,(H,16,18). The van der Waals surface area contributed by atoms with Gasteiger partial charge in [0, 0.05) is 18.7 Å². The molecule has 7 nitrogen and oxygen atoms in total. The molecule has 1 amide bonds. The van der Waals surface area contributed by atoms with Crippen molar-refractivity contribution in [2.24, 2.45) is 0 Å². The van der Waals surface area contributed by atoms with E-state index in [0.717, 1.165) is 6.42 Å². The molecule has 0 bridgehead atoms. The number of amides is 1. The Bertz CT molecular complexity index is 483. The normalized spacial score (nSPS) is 17.3. The topological polar surface area (TPSA) is 86.8 Å². The zero-order valence-corrected chi connectivity index (χ0v) is 11.8. The van der Waals surface area contributed by atoms with Crippen molar-refractivity contribution < 1.29 is 23.8 Å². The smallest absolute Gasteiger partial charge is 0.325 e. The van der Waals surface area contributed by atoms with E-state index < -0.39 is 5.97 Å². The molecule has 1 aromatic heterocycles. The lowest BCUT2D eigenvalue weighted by atomic mass is 10.2. The van der Waals surface area contributed by atoms with Crippen LogP contribution >= 0.6 is 0 Å². The minimum atomic E-state index is -0.472. The minimum Gasteiger partial charge on any atom is -0.472 e. The second-order valence-corrected chi connectivity index (χ2v) is 4.48. The highest BCUT2D eigenvalue weighted by Crippen LogP contribution is 2.14. The molecule has 1 unspecified atom stereocenters. The van der Waals surface area contributed by atoms with Crippen molar-refractivity contribution in [1.82, 2.24) is 10.3 Å². The zero-order chi connectivity index (χ0) is 15.1. The van der Waals surface area contributed by atoms with E-state index in [-0.39, 0.29) is 25.2 Å². The van der Waals surface area contributed by atoms with Crippen LogP contribution in [-0.4, -0.2) is 49.3 Å². The Morgan fingerprint density at radius 1 is 1.48 bits per heavy atom. The van der Waals surface area contributed by atoms with Gasteiger partial charge in [0.15, 0.2) is 0 Å². The summed E-state index contributed by atoms with van der Waals surface area (Å²) in [6.07, 6.45) is 2.26. The molecular formula is C14H18N2O5. The number of nitrogens with zero attached hydrogens (tertiary/aromatic N) is 1. The van der Waals surface area contributed by atoms with E-state index in [1.165, 1.54) is 6.20 Å². The molecule has 1 fully saturated rings. The van der Waals surface area contributed by atoms with Gasteiger partial charge in [-0.3, -0.25) is 9.59 Å². The van der Waals surface area contributed by atoms with Crippen LogP contribution < -0.4 is 10.1 Å². The first-order chi connectivity index (χ1) is 10.2. The lowest BCUT2D eigenvalue weighted by molar-refractivity contribution is -0.141. The molecule has 0 radical (unpaired) electrons. The number of hydrogen-bond acceptors (Lipinski definition) is 6. The Morgan fingerprint density at radius 2 is 2.33 bits per heavy atom. The fourth-order valence-electron chi connectivity index (χ4n) is 1.83. The maximum absolute atomic E-state index is 11.8. The van der Waals surface area contributed by atoms with Gasteiger partial charge < -0.3 is 19.5 Å². The Morgan fingerprint density at radius 3 is 2.95 bits per heavy atom. The van der Waals surface area contributed by atoms with E-state index in [2.05, 4.69) is 10.3 Å². The lowest BCUT2D eigenvalue weighted by Crippen LogP contribution is -2.30. The first-order valence-electron chi connectivity index (χ1n) is 6.83. The van der Waals surface area contributed by atoms with Gasteiger partial charge >= 0.3 is 5.97 Å². The first kappa shape index (κ1) is 15.2. The predicted molar refractivity (Wildman–Crippen MR) is 73.1 cm³/mol. The van der Waals surface area contributed by atoms with Gasteiger partial charge in [-0.25, -0.2) is 4.98 Å². The monoisotopic (exact) mass is 294 g/mol. The molecule has 21 heavy (non-hydrogen) atoms. The van der Waals surface area contributed by atoms with E-state index in [0.29, 0.717) is 24.7 Å². The van der Waals surface area contributed by atoms with Crippen LogP contribution in [-0.2, 0) is 14.3 Å². The third-order valence-corrected chi connectivity index (χ3v) is 2.87. The summed E-state index contributed by atoms with van der Waals surface area (Å²) in [5.41, 5.74) is 0.356. The van der Waals surface area contributed by atoms with Gasteiger partial charge in [-0.15, -0.1) is 0 Å². The van der Waals surface area contributed by atoms with Crippen molar-refractivity contribution >= 4 is 11.9 Å². The number of pyridine rings is 1. The van der Waals surface area contributed by atoms with Gasteiger partial charge in [-0.2, -0.15) is 0 Å². The van der Waals surface area contributed by atoms with E-state index in [4.69, 9.17) is 14.2 Å². The van der Waals surface area contributed by atoms with Crippen LogP contribution in [0, 0.1) is 0 Å². The van der Waals surface area contributed by atoms with Crippen LogP contribution in [0.3, 0.4) is 0 Å². The van der Waals surface area contributed by atoms with Crippen molar-refractivity contribution in [3.8, 4) is 5.88 Å². The minimum absolute atomic E-state index is 0.0148. The van der Waals surface area contributed by atoms with Crippen molar-refractivity contribution in [2.75, 3.05) is 26.4 Å². The molecule has 7 heteroatoms. The first-order valence-corrected chi connectivity index (χ1v) is 6.83. The summed E-state index contributed by atoms with van der Waals surface area (Å²) in [6, 6.07) is 3.22. The second kappa shape index (κ2) is 7.58. The Balaban J connectivity index is 1.83. The third-order valence-electron chi connectivity index (χ3n) is 2.87. The molecular weight excluding hydrogens is 276 g/mol. The van der Waals surface area contributed by atoms with Crippen molar-refractivity contribution in [3.05, 3.63) is 23.9 Å². The summed E-state index contributed by atoms with van der Waals surface area (Å²) in [7, 11) is 0. The van der Waals surface area contributed by atoms with Gasteiger partial charge in [0.1, 0.15) is 12.6 Å². The third kappa shape index (κ3) is 4.71. The number of ether oxygens (including phenoxy) is 3. The quantitative estimate of drug-likeness (QED) is 0.771. The highest BCUT2D eigenvalue weighted by Gasteiger charge is 2.18. The molecule has 1 aliphatic rings. The van der Waals surface area contributed by atoms with Crippen LogP contribution in [0.2, 0.25) is 0 Å². The number of nitrogens with one attached hydrogen (secondary N) is 1. The number of aromatic nitrogens is 1. The zero-order valence-electron chi connectivity index (χ0n) is 11.8. The molecule has 0 spiro atoms. The van der Waals surface area contributed by atoms with Gasteiger partial charge in [0.05, 0.1) is 25.4 Å². The summed E-state index contributed by atoms with van der Waals surface area (Å²) < 4.78 is 15.5. The number of carbonyl (C=O) groups is 2. The van der Waals surface area contributed by atoms with Gasteiger partial charge in [-0.1, -0.05) is 0 Å². The van der Waals surface area contributed by atoms with Crippen LogP contribution in [0.15, 0.2) is 18.3 Å².